The quantitative estimate of drug-likeness (QED) is 0.437. The number of amides is 2. The Bertz CT molecular complexity index is 1070. The molecule has 9 heteroatoms. The predicted molar refractivity (Wildman–Crippen MR) is 137 cm³/mol. The van der Waals surface area contributed by atoms with E-state index in [1.807, 2.05) is 19.9 Å². The predicted octanol–water partition coefficient (Wildman–Crippen LogP) is 4.14. The summed E-state index contributed by atoms with van der Waals surface area (Å²) in [5.74, 6) is -0.707. The number of hydrogen-bond donors (Lipinski definition) is 1. The van der Waals surface area contributed by atoms with E-state index in [4.69, 9.17) is 11.6 Å². The summed E-state index contributed by atoms with van der Waals surface area (Å²) in [6, 6.07) is 13.3. The molecule has 7 nitrogen and oxygen atoms in total. The van der Waals surface area contributed by atoms with Gasteiger partial charge in [-0.25, -0.2) is 8.42 Å². The number of para-hydroxylation sites is 1. The fraction of sp³-hybridized carbons (Fsp3) is 0.440. The van der Waals surface area contributed by atoms with E-state index in [0.717, 1.165) is 34.5 Å². The SMILES string of the molecule is CCCCNC(=O)[C@H](CC)N(Cc1ccc(Cl)cc1)C(=O)CN(c1ccccc1C)S(C)(=O)=O. The number of rotatable bonds is 12. The number of nitrogens with one attached hydrogen (secondary N) is 1. The lowest BCUT2D eigenvalue weighted by Crippen LogP contribution is -2.52. The van der Waals surface area contributed by atoms with Crippen LogP contribution in [0.4, 0.5) is 5.69 Å². The van der Waals surface area contributed by atoms with Gasteiger partial charge in [-0.15, -0.1) is 0 Å². The molecule has 2 aromatic rings. The number of halogens is 1. The number of benzene rings is 2. The number of nitrogens with zero attached hydrogens (tertiary/aromatic N) is 2. The molecule has 1 atom stereocenters. The Balaban J connectivity index is 2.40. The van der Waals surface area contributed by atoms with Gasteiger partial charge in [0.2, 0.25) is 21.8 Å². The normalized spacial score (nSPS) is 12.1. The Hall–Kier alpha value is -2.58. The van der Waals surface area contributed by atoms with Gasteiger partial charge in [0.05, 0.1) is 11.9 Å². The maximum Gasteiger partial charge on any atom is 0.244 e. The lowest BCUT2D eigenvalue weighted by atomic mass is 10.1. The first-order chi connectivity index (χ1) is 16.1. The molecule has 0 aliphatic heterocycles. The maximum absolute atomic E-state index is 13.6. The summed E-state index contributed by atoms with van der Waals surface area (Å²) in [6.07, 6.45) is 3.23. The van der Waals surface area contributed by atoms with Crippen molar-refractivity contribution in [3.8, 4) is 0 Å². The molecule has 2 amide bonds. The fourth-order valence-corrected chi connectivity index (χ4v) is 4.68. The highest BCUT2D eigenvalue weighted by Crippen LogP contribution is 2.23. The van der Waals surface area contributed by atoms with Gasteiger partial charge >= 0.3 is 0 Å². The molecule has 0 aromatic heterocycles. The summed E-state index contributed by atoms with van der Waals surface area (Å²) in [6.45, 7) is 5.93. The zero-order valence-electron chi connectivity index (χ0n) is 20.3. The standard InChI is InChI=1S/C25H34ClN3O4S/c1-5-7-16-27-25(31)22(6-2)28(17-20-12-14-21(26)15-13-20)24(30)18-29(34(4,32)33)23-11-9-8-10-19(23)3/h8-15,22H,5-7,16-18H2,1-4H3,(H,27,31)/t22-/m0/s1. The van der Waals surface area contributed by atoms with Crippen LogP contribution in [0.5, 0.6) is 0 Å². The zero-order valence-corrected chi connectivity index (χ0v) is 21.8. The first-order valence-corrected chi connectivity index (χ1v) is 13.7. The van der Waals surface area contributed by atoms with E-state index < -0.39 is 28.5 Å². The Morgan fingerprint density at radius 1 is 1.06 bits per heavy atom. The molecule has 0 unspecified atom stereocenters. The minimum absolute atomic E-state index is 0.154. The highest BCUT2D eigenvalue weighted by Gasteiger charge is 2.31. The summed E-state index contributed by atoms with van der Waals surface area (Å²) in [5, 5.41) is 3.47. The van der Waals surface area contributed by atoms with Crippen LogP contribution >= 0.6 is 11.6 Å². The van der Waals surface area contributed by atoms with Gasteiger partial charge in [-0.1, -0.05) is 62.2 Å². The van der Waals surface area contributed by atoms with Crippen LogP contribution in [-0.2, 0) is 26.2 Å². The number of anilines is 1. The number of carbonyl (C=O) groups is 2. The lowest BCUT2D eigenvalue weighted by molar-refractivity contribution is -0.140. The van der Waals surface area contributed by atoms with Gasteiger partial charge in [0.15, 0.2) is 0 Å². The molecule has 0 aliphatic carbocycles. The summed E-state index contributed by atoms with van der Waals surface area (Å²) in [4.78, 5) is 28.1. The van der Waals surface area contributed by atoms with Gasteiger partial charge in [-0.2, -0.15) is 0 Å². The van der Waals surface area contributed by atoms with Crippen molar-refractivity contribution in [2.75, 3.05) is 23.7 Å². The van der Waals surface area contributed by atoms with Gasteiger partial charge in [0, 0.05) is 18.1 Å². The summed E-state index contributed by atoms with van der Waals surface area (Å²) in [5.41, 5.74) is 1.96. The van der Waals surface area contributed by atoms with Crippen LogP contribution in [0.15, 0.2) is 48.5 Å². The largest absolute Gasteiger partial charge is 0.354 e. The smallest absolute Gasteiger partial charge is 0.244 e. The van der Waals surface area contributed by atoms with E-state index in [9.17, 15) is 18.0 Å². The Morgan fingerprint density at radius 2 is 1.71 bits per heavy atom. The minimum atomic E-state index is -3.75. The monoisotopic (exact) mass is 507 g/mol. The van der Waals surface area contributed by atoms with Crippen LogP contribution < -0.4 is 9.62 Å². The van der Waals surface area contributed by atoms with Gasteiger partial charge in [0.1, 0.15) is 12.6 Å². The van der Waals surface area contributed by atoms with E-state index in [2.05, 4.69) is 5.32 Å². The molecule has 1 N–H and O–H groups in total. The van der Waals surface area contributed by atoms with Crippen LogP contribution in [-0.4, -0.2) is 50.5 Å². The van der Waals surface area contributed by atoms with Crippen LogP contribution in [0.1, 0.15) is 44.2 Å². The maximum atomic E-state index is 13.6. The third kappa shape index (κ3) is 7.74. The average Bonchev–Trinajstić information content (AvgIpc) is 2.78. The Labute approximate surface area is 208 Å². The van der Waals surface area contributed by atoms with Crippen LogP contribution in [0.3, 0.4) is 0 Å². The van der Waals surface area contributed by atoms with Crippen molar-refractivity contribution in [1.82, 2.24) is 10.2 Å². The molecule has 0 aliphatic rings. The average molecular weight is 508 g/mol. The third-order valence-corrected chi connectivity index (χ3v) is 6.92. The molecular weight excluding hydrogens is 474 g/mol. The molecule has 0 spiro atoms. The van der Waals surface area contributed by atoms with Crippen LogP contribution in [0.2, 0.25) is 5.02 Å². The number of unbranched alkanes of at least 4 members (excludes halogenated alkanes) is 1. The zero-order chi connectivity index (χ0) is 25.3. The topological polar surface area (TPSA) is 86.8 Å². The van der Waals surface area contributed by atoms with E-state index in [-0.39, 0.29) is 12.5 Å². The molecule has 0 bridgehead atoms. The Kier molecular flexibility index (Phi) is 10.4. The molecule has 0 fully saturated rings. The number of aryl methyl sites for hydroxylation is 1. The van der Waals surface area contributed by atoms with Crippen molar-refractivity contribution in [1.29, 1.82) is 0 Å². The molecule has 0 saturated carbocycles. The first-order valence-electron chi connectivity index (χ1n) is 11.4. The highest BCUT2D eigenvalue weighted by atomic mass is 35.5. The number of carbonyl (C=O) groups excluding carboxylic acids is 2. The van der Waals surface area contributed by atoms with Crippen molar-refractivity contribution < 1.29 is 18.0 Å². The van der Waals surface area contributed by atoms with Crippen molar-refractivity contribution in [3.63, 3.8) is 0 Å². The third-order valence-electron chi connectivity index (χ3n) is 5.54. The van der Waals surface area contributed by atoms with Gasteiger partial charge in [-0.3, -0.25) is 13.9 Å². The molecule has 34 heavy (non-hydrogen) atoms. The second kappa shape index (κ2) is 12.8. The second-order valence-electron chi connectivity index (χ2n) is 8.27. The van der Waals surface area contributed by atoms with Crippen molar-refractivity contribution in [2.45, 2.75) is 52.6 Å². The molecule has 0 heterocycles. The first kappa shape index (κ1) is 27.7. The van der Waals surface area contributed by atoms with E-state index in [1.165, 1.54) is 4.90 Å². The lowest BCUT2D eigenvalue weighted by Gasteiger charge is -2.33. The van der Waals surface area contributed by atoms with E-state index in [1.54, 1.807) is 49.4 Å². The molecule has 0 radical (unpaired) electrons. The van der Waals surface area contributed by atoms with Crippen molar-refractivity contribution in [2.24, 2.45) is 0 Å². The molecule has 0 saturated heterocycles. The Morgan fingerprint density at radius 3 is 2.26 bits per heavy atom. The summed E-state index contributed by atoms with van der Waals surface area (Å²) < 4.78 is 26.4. The minimum Gasteiger partial charge on any atom is -0.354 e. The fourth-order valence-electron chi connectivity index (χ4n) is 3.65. The second-order valence-corrected chi connectivity index (χ2v) is 10.6. The molecule has 186 valence electrons. The van der Waals surface area contributed by atoms with Gasteiger partial charge in [0.25, 0.3) is 0 Å². The van der Waals surface area contributed by atoms with Crippen molar-refractivity contribution >= 4 is 39.1 Å². The van der Waals surface area contributed by atoms with Crippen LogP contribution in [0, 0.1) is 6.92 Å². The molecule has 2 rings (SSSR count). The van der Waals surface area contributed by atoms with E-state index >= 15 is 0 Å². The molecular formula is C25H34ClN3O4S. The number of hydrogen-bond acceptors (Lipinski definition) is 4. The highest BCUT2D eigenvalue weighted by molar-refractivity contribution is 7.92. The van der Waals surface area contributed by atoms with Crippen molar-refractivity contribution in [3.05, 3.63) is 64.7 Å². The van der Waals surface area contributed by atoms with E-state index in [0.29, 0.717) is 23.7 Å². The van der Waals surface area contributed by atoms with Gasteiger partial charge < -0.3 is 10.2 Å². The summed E-state index contributed by atoms with van der Waals surface area (Å²) in [7, 11) is -3.75. The van der Waals surface area contributed by atoms with Crippen LogP contribution in [0.25, 0.3) is 0 Å². The molecule has 2 aromatic carbocycles. The summed E-state index contributed by atoms with van der Waals surface area (Å²) >= 11 is 6.01. The number of sulfonamides is 1. The van der Waals surface area contributed by atoms with Gasteiger partial charge in [-0.05, 0) is 49.1 Å².